The summed E-state index contributed by atoms with van der Waals surface area (Å²) in [5, 5.41) is 3.54. The van der Waals surface area contributed by atoms with E-state index in [1.807, 2.05) is 0 Å². The Labute approximate surface area is 120 Å². The maximum Gasteiger partial charge on any atom is 0.159 e. The fraction of sp³-hybridized carbons (Fsp3) is 0.647. The number of hydrogen-bond acceptors (Lipinski definition) is 1. The van der Waals surface area contributed by atoms with Crippen molar-refractivity contribution in [1.82, 2.24) is 5.32 Å². The van der Waals surface area contributed by atoms with E-state index < -0.39 is 11.6 Å². The lowest BCUT2D eigenvalue weighted by Gasteiger charge is -2.35. The summed E-state index contributed by atoms with van der Waals surface area (Å²) in [6, 6.07) is 4.44. The van der Waals surface area contributed by atoms with Gasteiger partial charge < -0.3 is 5.32 Å². The molecule has 0 aromatic heterocycles. The number of benzene rings is 1. The average molecular weight is 281 g/mol. The van der Waals surface area contributed by atoms with Crippen molar-refractivity contribution in [2.75, 3.05) is 6.54 Å². The first-order valence-electron chi connectivity index (χ1n) is 7.64. The molecule has 0 amide bonds. The Morgan fingerprint density at radius 2 is 2.05 bits per heavy atom. The Kier molecular flexibility index (Phi) is 4.79. The Bertz CT molecular complexity index is 456. The molecule has 1 nitrogen and oxygen atoms in total. The third-order valence-electron chi connectivity index (χ3n) is 4.66. The molecule has 2 unspecified atom stereocenters. The highest BCUT2D eigenvalue weighted by molar-refractivity contribution is 5.23. The van der Waals surface area contributed by atoms with Crippen LogP contribution < -0.4 is 5.32 Å². The summed E-state index contributed by atoms with van der Waals surface area (Å²) < 4.78 is 26.7. The lowest BCUT2D eigenvalue weighted by molar-refractivity contribution is 0.197. The van der Waals surface area contributed by atoms with Crippen LogP contribution in [0.2, 0.25) is 0 Å². The van der Waals surface area contributed by atoms with Crippen molar-refractivity contribution in [3.63, 3.8) is 0 Å². The lowest BCUT2D eigenvalue weighted by atomic mass is 9.75. The molecule has 0 aliphatic heterocycles. The molecule has 1 fully saturated rings. The van der Waals surface area contributed by atoms with E-state index in [4.69, 9.17) is 0 Å². The van der Waals surface area contributed by atoms with Crippen molar-refractivity contribution >= 4 is 0 Å². The summed E-state index contributed by atoms with van der Waals surface area (Å²) in [6.07, 6.45) is 4.60. The molecular formula is C17H25F2N. The monoisotopic (exact) mass is 281 g/mol. The highest BCUT2D eigenvalue weighted by Crippen LogP contribution is 2.48. The second-order valence-corrected chi connectivity index (χ2v) is 6.59. The highest BCUT2D eigenvalue weighted by atomic mass is 19.2. The zero-order valence-corrected chi connectivity index (χ0v) is 12.7. The van der Waals surface area contributed by atoms with E-state index in [2.05, 4.69) is 26.1 Å². The molecule has 0 bridgehead atoms. The summed E-state index contributed by atoms with van der Waals surface area (Å²) in [4.78, 5) is 0. The number of rotatable bonds is 5. The molecule has 1 saturated carbocycles. The molecule has 0 spiro atoms. The van der Waals surface area contributed by atoms with Gasteiger partial charge in [0, 0.05) is 6.04 Å². The molecule has 1 N–H and O–H groups in total. The zero-order valence-electron chi connectivity index (χ0n) is 12.7. The van der Waals surface area contributed by atoms with Crippen molar-refractivity contribution in [2.45, 2.75) is 52.5 Å². The molecule has 20 heavy (non-hydrogen) atoms. The SMILES string of the molecule is CCCNC(c1ccc(F)c(F)c1)C1CCCC1(C)C. The summed E-state index contributed by atoms with van der Waals surface area (Å²) in [6.45, 7) is 7.59. The Hall–Kier alpha value is -0.960. The van der Waals surface area contributed by atoms with E-state index in [0.717, 1.165) is 24.9 Å². The van der Waals surface area contributed by atoms with E-state index in [9.17, 15) is 8.78 Å². The molecule has 0 radical (unpaired) electrons. The van der Waals surface area contributed by atoms with E-state index in [0.29, 0.717) is 5.92 Å². The van der Waals surface area contributed by atoms with Crippen LogP contribution in [0.1, 0.15) is 58.1 Å². The van der Waals surface area contributed by atoms with Gasteiger partial charge in [-0.3, -0.25) is 0 Å². The molecule has 1 aliphatic carbocycles. The third-order valence-corrected chi connectivity index (χ3v) is 4.66. The van der Waals surface area contributed by atoms with Crippen LogP contribution in [0.5, 0.6) is 0 Å². The van der Waals surface area contributed by atoms with Gasteiger partial charge in [0.25, 0.3) is 0 Å². The van der Waals surface area contributed by atoms with Crippen LogP contribution in [0.3, 0.4) is 0 Å². The predicted molar refractivity (Wildman–Crippen MR) is 78.5 cm³/mol. The second-order valence-electron chi connectivity index (χ2n) is 6.59. The molecule has 3 heteroatoms. The van der Waals surface area contributed by atoms with Crippen molar-refractivity contribution < 1.29 is 8.78 Å². The fourth-order valence-electron chi connectivity index (χ4n) is 3.47. The van der Waals surface area contributed by atoms with Crippen LogP contribution >= 0.6 is 0 Å². The summed E-state index contributed by atoms with van der Waals surface area (Å²) in [5.41, 5.74) is 1.12. The number of halogens is 2. The van der Waals surface area contributed by atoms with Crippen LogP contribution in [0.15, 0.2) is 18.2 Å². The van der Waals surface area contributed by atoms with Crippen LogP contribution in [0.25, 0.3) is 0 Å². The first kappa shape index (κ1) is 15.4. The fourth-order valence-corrected chi connectivity index (χ4v) is 3.47. The highest BCUT2D eigenvalue weighted by Gasteiger charge is 2.39. The first-order chi connectivity index (χ1) is 9.45. The minimum atomic E-state index is -0.770. The molecular weight excluding hydrogens is 256 g/mol. The summed E-state index contributed by atoms with van der Waals surface area (Å²) >= 11 is 0. The standard InChI is InChI=1S/C17H25F2N/c1-4-10-20-16(13-6-5-9-17(13,2)3)12-7-8-14(18)15(19)11-12/h7-8,11,13,16,20H,4-6,9-10H2,1-3H3. The van der Waals surface area contributed by atoms with Gasteiger partial charge in [0.2, 0.25) is 0 Å². The minimum Gasteiger partial charge on any atom is -0.310 e. The lowest BCUT2D eigenvalue weighted by Crippen LogP contribution is -2.34. The molecule has 2 atom stereocenters. The second kappa shape index (κ2) is 6.21. The smallest absolute Gasteiger partial charge is 0.159 e. The molecule has 2 rings (SSSR count). The van der Waals surface area contributed by atoms with Gasteiger partial charge in [0.05, 0.1) is 0 Å². The van der Waals surface area contributed by atoms with Gasteiger partial charge in [-0.25, -0.2) is 8.78 Å². The van der Waals surface area contributed by atoms with Gasteiger partial charge >= 0.3 is 0 Å². The van der Waals surface area contributed by atoms with Crippen molar-refractivity contribution in [3.8, 4) is 0 Å². The van der Waals surface area contributed by atoms with Crippen LogP contribution in [-0.2, 0) is 0 Å². The van der Waals surface area contributed by atoms with Gasteiger partial charge in [0.1, 0.15) is 0 Å². The Balaban J connectivity index is 2.29. The molecule has 1 aliphatic rings. The first-order valence-corrected chi connectivity index (χ1v) is 7.64. The summed E-state index contributed by atoms with van der Waals surface area (Å²) in [7, 11) is 0. The van der Waals surface area contributed by atoms with Crippen molar-refractivity contribution in [1.29, 1.82) is 0 Å². The van der Waals surface area contributed by atoms with Gasteiger partial charge in [-0.15, -0.1) is 0 Å². The zero-order chi connectivity index (χ0) is 14.8. The largest absolute Gasteiger partial charge is 0.310 e. The van der Waals surface area contributed by atoms with Gasteiger partial charge in [-0.1, -0.05) is 33.3 Å². The Morgan fingerprint density at radius 3 is 2.60 bits per heavy atom. The van der Waals surface area contributed by atoms with Gasteiger partial charge in [-0.2, -0.15) is 0 Å². The number of hydrogen-bond donors (Lipinski definition) is 1. The van der Waals surface area contributed by atoms with E-state index >= 15 is 0 Å². The quantitative estimate of drug-likeness (QED) is 0.815. The minimum absolute atomic E-state index is 0.113. The van der Waals surface area contributed by atoms with Gasteiger partial charge in [-0.05, 0) is 54.8 Å². The van der Waals surface area contributed by atoms with E-state index in [1.165, 1.54) is 25.0 Å². The maximum atomic E-state index is 13.5. The third kappa shape index (κ3) is 3.20. The van der Waals surface area contributed by atoms with Crippen molar-refractivity contribution in [2.24, 2.45) is 11.3 Å². The van der Waals surface area contributed by atoms with Gasteiger partial charge in [0.15, 0.2) is 11.6 Å². The maximum absolute atomic E-state index is 13.5. The topological polar surface area (TPSA) is 12.0 Å². The predicted octanol–water partition coefficient (Wildman–Crippen LogP) is 4.83. The van der Waals surface area contributed by atoms with Crippen LogP contribution in [0.4, 0.5) is 8.78 Å². The molecule has 0 saturated heterocycles. The number of nitrogens with one attached hydrogen (secondary N) is 1. The molecule has 112 valence electrons. The molecule has 0 heterocycles. The average Bonchev–Trinajstić information content (AvgIpc) is 2.74. The Morgan fingerprint density at radius 1 is 1.30 bits per heavy atom. The molecule has 1 aromatic carbocycles. The van der Waals surface area contributed by atoms with Crippen LogP contribution in [-0.4, -0.2) is 6.54 Å². The van der Waals surface area contributed by atoms with Crippen molar-refractivity contribution in [3.05, 3.63) is 35.4 Å². The molecule has 1 aromatic rings. The van der Waals surface area contributed by atoms with E-state index in [1.54, 1.807) is 6.07 Å². The summed E-state index contributed by atoms with van der Waals surface area (Å²) in [5.74, 6) is -1.05. The van der Waals surface area contributed by atoms with Crippen LogP contribution in [0, 0.1) is 23.0 Å². The van der Waals surface area contributed by atoms with E-state index in [-0.39, 0.29) is 11.5 Å². The normalized spacial score (nSPS) is 22.9.